The fourth-order valence-electron chi connectivity index (χ4n) is 2.13. The van der Waals surface area contributed by atoms with Gasteiger partial charge < -0.3 is 20.9 Å². The maximum absolute atomic E-state index is 12.0. The minimum absolute atomic E-state index is 0.144. The van der Waals surface area contributed by atoms with Crippen molar-refractivity contribution < 1.29 is 19.4 Å². The number of rotatable bonds is 4. The predicted molar refractivity (Wildman–Crippen MR) is 59.2 cm³/mol. The number of amides is 1. The van der Waals surface area contributed by atoms with E-state index in [0.717, 1.165) is 12.8 Å². The monoisotopic (exact) mass is 242 g/mol. The summed E-state index contributed by atoms with van der Waals surface area (Å²) in [4.78, 5) is 22.9. The minimum Gasteiger partial charge on any atom is -0.481 e. The van der Waals surface area contributed by atoms with Gasteiger partial charge in [-0.2, -0.15) is 0 Å². The van der Waals surface area contributed by atoms with Crippen molar-refractivity contribution in [2.45, 2.75) is 31.3 Å². The Labute approximate surface area is 99.5 Å². The van der Waals surface area contributed by atoms with Crippen molar-refractivity contribution in [3.05, 3.63) is 0 Å². The molecule has 2 fully saturated rings. The number of carboxylic acid groups (broad SMARTS) is 1. The number of hydrogen-bond acceptors (Lipinski definition) is 4. The molecule has 2 rings (SSSR count). The van der Waals surface area contributed by atoms with Gasteiger partial charge in [-0.3, -0.25) is 9.59 Å². The predicted octanol–water partition coefficient (Wildman–Crippen LogP) is -0.670. The van der Waals surface area contributed by atoms with Crippen molar-refractivity contribution in [1.82, 2.24) is 5.32 Å². The first-order chi connectivity index (χ1) is 7.93. The Bertz CT molecular complexity index is 338. The van der Waals surface area contributed by atoms with Gasteiger partial charge in [0.2, 0.25) is 5.91 Å². The van der Waals surface area contributed by atoms with Gasteiger partial charge in [0.1, 0.15) is 5.92 Å². The zero-order valence-corrected chi connectivity index (χ0v) is 9.81. The topological polar surface area (TPSA) is 102 Å². The lowest BCUT2D eigenvalue weighted by molar-refractivity contribution is -0.142. The van der Waals surface area contributed by atoms with E-state index in [1.54, 1.807) is 6.92 Å². The van der Waals surface area contributed by atoms with Crippen LogP contribution in [-0.4, -0.2) is 41.8 Å². The zero-order valence-electron chi connectivity index (χ0n) is 9.81. The lowest BCUT2D eigenvalue weighted by atomic mass is 9.94. The Kier molecular flexibility index (Phi) is 3.09. The molecule has 4 N–H and O–H groups in total. The van der Waals surface area contributed by atoms with Crippen LogP contribution in [0.1, 0.15) is 19.8 Å². The van der Waals surface area contributed by atoms with Crippen LogP contribution in [0.3, 0.4) is 0 Å². The molecule has 1 aliphatic heterocycles. The second-order valence-corrected chi connectivity index (χ2v) is 5.12. The van der Waals surface area contributed by atoms with E-state index in [1.807, 2.05) is 0 Å². The van der Waals surface area contributed by atoms with Crippen molar-refractivity contribution in [3.8, 4) is 0 Å². The number of nitrogens with one attached hydrogen (secondary N) is 1. The Morgan fingerprint density at radius 1 is 1.41 bits per heavy atom. The smallest absolute Gasteiger partial charge is 0.311 e. The van der Waals surface area contributed by atoms with Crippen LogP contribution in [0, 0.1) is 11.8 Å². The van der Waals surface area contributed by atoms with Gasteiger partial charge >= 0.3 is 5.97 Å². The molecule has 0 bridgehead atoms. The second kappa shape index (κ2) is 4.27. The van der Waals surface area contributed by atoms with Gasteiger partial charge in [-0.25, -0.2) is 0 Å². The van der Waals surface area contributed by atoms with Crippen LogP contribution in [0.25, 0.3) is 0 Å². The Morgan fingerprint density at radius 2 is 2.06 bits per heavy atom. The van der Waals surface area contributed by atoms with Crippen LogP contribution in [-0.2, 0) is 14.3 Å². The number of aliphatic carboxylic acids is 1. The molecule has 0 spiro atoms. The summed E-state index contributed by atoms with van der Waals surface area (Å²) < 4.78 is 5.08. The van der Waals surface area contributed by atoms with E-state index in [4.69, 9.17) is 15.6 Å². The first kappa shape index (κ1) is 12.3. The largest absolute Gasteiger partial charge is 0.481 e. The van der Waals surface area contributed by atoms with Gasteiger partial charge in [-0.1, -0.05) is 0 Å². The fourth-order valence-corrected chi connectivity index (χ4v) is 2.13. The van der Waals surface area contributed by atoms with Gasteiger partial charge in [-0.15, -0.1) is 0 Å². The van der Waals surface area contributed by atoms with E-state index in [1.165, 1.54) is 0 Å². The average molecular weight is 242 g/mol. The van der Waals surface area contributed by atoms with Crippen molar-refractivity contribution in [3.63, 3.8) is 0 Å². The molecule has 2 aliphatic rings. The number of carbonyl (C=O) groups is 2. The van der Waals surface area contributed by atoms with Gasteiger partial charge in [0.05, 0.1) is 24.8 Å². The third kappa shape index (κ3) is 2.42. The highest BCUT2D eigenvalue weighted by atomic mass is 16.5. The molecule has 6 nitrogen and oxygen atoms in total. The molecule has 1 aliphatic carbocycles. The van der Waals surface area contributed by atoms with Gasteiger partial charge in [0, 0.05) is 0 Å². The molecule has 0 aromatic carbocycles. The summed E-state index contributed by atoms with van der Waals surface area (Å²) in [5.41, 5.74) is 5.07. The Balaban J connectivity index is 1.96. The molecule has 1 saturated carbocycles. The average Bonchev–Trinajstić information content (AvgIpc) is 3.00. The summed E-state index contributed by atoms with van der Waals surface area (Å²) in [5, 5.41) is 11.7. The molecule has 6 heteroatoms. The van der Waals surface area contributed by atoms with Crippen LogP contribution in [0.5, 0.6) is 0 Å². The Hall–Kier alpha value is -1.14. The minimum atomic E-state index is -0.946. The summed E-state index contributed by atoms with van der Waals surface area (Å²) in [7, 11) is 0. The van der Waals surface area contributed by atoms with Crippen LogP contribution < -0.4 is 11.1 Å². The van der Waals surface area contributed by atoms with Crippen molar-refractivity contribution in [2.24, 2.45) is 17.6 Å². The second-order valence-electron chi connectivity index (χ2n) is 5.12. The molecule has 96 valence electrons. The molecule has 0 radical (unpaired) electrons. The summed E-state index contributed by atoms with van der Waals surface area (Å²) >= 11 is 0. The van der Waals surface area contributed by atoms with Crippen LogP contribution in [0.15, 0.2) is 0 Å². The molecular formula is C11H18N2O4. The maximum atomic E-state index is 12.0. The van der Waals surface area contributed by atoms with E-state index >= 15 is 0 Å². The summed E-state index contributed by atoms with van der Waals surface area (Å²) in [6, 6.07) is -0.471. The number of carbonyl (C=O) groups excluding carboxylic acids is 1. The number of nitrogens with two attached hydrogens (primary N) is 1. The van der Waals surface area contributed by atoms with E-state index in [0.29, 0.717) is 0 Å². The molecule has 3 unspecified atom stereocenters. The number of ether oxygens (including phenoxy) is 1. The standard InChI is InChI=1S/C11H18N2O4/c1-11(12,6-2-3-6)10(16)13-8-5-17-4-7(8)9(14)15/h6-8H,2-5,12H2,1H3,(H,13,16)(H,14,15). The lowest BCUT2D eigenvalue weighted by Crippen LogP contribution is -2.57. The van der Waals surface area contributed by atoms with Crippen molar-refractivity contribution in [2.75, 3.05) is 13.2 Å². The lowest BCUT2D eigenvalue weighted by Gasteiger charge is -2.26. The molecule has 17 heavy (non-hydrogen) atoms. The van der Waals surface area contributed by atoms with Crippen molar-refractivity contribution in [1.29, 1.82) is 0 Å². The van der Waals surface area contributed by atoms with Gasteiger partial charge in [-0.05, 0) is 25.7 Å². The number of carboxylic acids is 1. The quantitative estimate of drug-likeness (QED) is 0.607. The van der Waals surface area contributed by atoms with Crippen LogP contribution in [0.2, 0.25) is 0 Å². The molecule has 0 aromatic heterocycles. The first-order valence-corrected chi connectivity index (χ1v) is 5.83. The SMILES string of the molecule is CC(N)(C(=O)NC1COCC1C(=O)O)C1CC1. The molecule has 1 heterocycles. The van der Waals surface area contributed by atoms with Crippen LogP contribution >= 0.6 is 0 Å². The summed E-state index contributed by atoms with van der Waals surface area (Å²) in [6.45, 7) is 2.08. The molecule has 3 atom stereocenters. The van der Waals surface area contributed by atoms with E-state index in [2.05, 4.69) is 5.32 Å². The van der Waals surface area contributed by atoms with E-state index in [9.17, 15) is 9.59 Å². The molecular weight excluding hydrogens is 224 g/mol. The molecule has 1 saturated heterocycles. The Morgan fingerprint density at radius 3 is 2.59 bits per heavy atom. The first-order valence-electron chi connectivity index (χ1n) is 5.83. The van der Waals surface area contributed by atoms with Crippen molar-refractivity contribution >= 4 is 11.9 Å². The van der Waals surface area contributed by atoms with Gasteiger partial charge in [0.25, 0.3) is 0 Å². The maximum Gasteiger partial charge on any atom is 0.311 e. The molecule has 0 aromatic rings. The third-order valence-corrected chi connectivity index (χ3v) is 3.63. The highest BCUT2D eigenvalue weighted by molar-refractivity contribution is 5.87. The normalized spacial score (nSPS) is 31.9. The fraction of sp³-hybridized carbons (Fsp3) is 0.818. The molecule has 1 amide bonds. The van der Waals surface area contributed by atoms with Gasteiger partial charge in [0.15, 0.2) is 0 Å². The van der Waals surface area contributed by atoms with E-state index in [-0.39, 0.29) is 25.0 Å². The van der Waals surface area contributed by atoms with Crippen LogP contribution in [0.4, 0.5) is 0 Å². The highest BCUT2D eigenvalue weighted by Crippen LogP contribution is 2.38. The number of hydrogen-bond donors (Lipinski definition) is 3. The van der Waals surface area contributed by atoms with E-state index < -0.39 is 23.5 Å². The summed E-state index contributed by atoms with van der Waals surface area (Å²) in [6.07, 6.45) is 1.92. The third-order valence-electron chi connectivity index (χ3n) is 3.63. The highest BCUT2D eigenvalue weighted by Gasteiger charge is 2.46. The zero-order chi connectivity index (χ0) is 12.6. The summed E-state index contributed by atoms with van der Waals surface area (Å²) in [5.74, 6) is -1.68.